The van der Waals surface area contributed by atoms with E-state index in [-0.39, 0.29) is 11.7 Å². The van der Waals surface area contributed by atoms with Crippen LogP contribution in [0.3, 0.4) is 0 Å². The zero-order valence-electron chi connectivity index (χ0n) is 13.7. The van der Waals surface area contributed by atoms with Gasteiger partial charge in [-0.25, -0.2) is 4.79 Å². The van der Waals surface area contributed by atoms with Gasteiger partial charge < -0.3 is 9.84 Å². The molecule has 1 N–H and O–H groups in total. The molecule has 4 rings (SSSR count). The fraction of sp³-hybridized carbons (Fsp3) is 0.0455. The molecular formula is C22H18O3. The molecule has 3 aromatic carbocycles. The van der Waals surface area contributed by atoms with Gasteiger partial charge in [-0.15, -0.1) is 13.2 Å². The third kappa shape index (κ3) is 2.60. The second kappa shape index (κ2) is 6.65. The summed E-state index contributed by atoms with van der Waals surface area (Å²) in [6.07, 6.45) is 0. The van der Waals surface area contributed by atoms with Crippen molar-refractivity contribution < 1.29 is 14.6 Å². The monoisotopic (exact) mass is 330 g/mol. The van der Waals surface area contributed by atoms with Crippen LogP contribution in [-0.2, 0) is 10.3 Å². The summed E-state index contributed by atoms with van der Waals surface area (Å²) in [5.74, 6) is -0.160. The van der Waals surface area contributed by atoms with E-state index in [2.05, 4.69) is 13.2 Å². The van der Waals surface area contributed by atoms with Crippen LogP contribution in [-0.4, -0.2) is 11.1 Å². The zero-order valence-corrected chi connectivity index (χ0v) is 13.7. The van der Waals surface area contributed by atoms with Gasteiger partial charge in [-0.1, -0.05) is 60.7 Å². The van der Waals surface area contributed by atoms with Gasteiger partial charge in [0.25, 0.3) is 0 Å². The van der Waals surface area contributed by atoms with E-state index in [0.29, 0.717) is 5.56 Å². The smallest absolute Gasteiger partial charge is 0.340 e. The highest BCUT2D eigenvalue weighted by atomic mass is 16.6. The van der Waals surface area contributed by atoms with Gasteiger partial charge in [0, 0.05) is 16.7 Å². The largest absolute Gasteiger partial charge is 0.508 e. The summed E-state index contributed by atoms with van der Waals surface area (Å²) in [4.78, 5) is 12.4. The number of rotatable bonds is 2. The third-order valence-electron chi connectivity index (χ3n) is 4.23. The highest BCUT2D eigenvalue weighted by Gasteiger charge is 2.48. The van der Waals surface area contributed by atoms with E-state index in [4.69, 9.17) is 4.74 Å². The highest BCUT2D eigenvalue weighted by molar-refractivity contribution is 5.96. The van der Waals surface area contributed by atoms with Crippen LogP contribution < -0.4 is 0 Å². The Bertz CT molecular complexity index is 885. The van der Waals surface area contributed by atoms with E-state index < -0.39 is 5.60 Å². The number of benzene rings is 3. The molecule has 124 valence electrons. The summed E-state index contributed by atoms with van der Waals surface area (Å²) in [6.45, 7) is 6.00. The van der Waals surface area contributed by atoms with Crippen molar-refractivity contribution in [3.8, 4) is 5.75 Å². The maximum Gasteiger partial charge on any atom is 0.340 e. The molecule has 1 aliphatic heterocycles. The SMILES string of the molecule is C=C.O=C1OC(c2ccccc2)(c2ccc(O)cc2)c2ccccc21. The first-order chi connectivity index (χ1) is 12.2. The number of ether oxygens (including phenoxy) is 1. The first kappa shape index (κ1) is 16.5. The van der Waals surface area contributed by atoms with Crippen LogP contribution in [0.5, 0.6) is 5.75 Å². The van der Waals surface area contributed by atoms with Gasteiger partial charge in [-0.2, -0.15) is 0 Å². The van der Waals surface area contributed by atoms with Gasteiger partial charge in [0.2, 0.25) is 0 Å². The number of phenolic OH excluding ortho intramolecular Hbond substituents is 1. The zero-order chi connectivity index (χ0) is 17.9. The summed E-state index contributed by atoms with van der Waals surface area (Å²) < 4.78 is 5.91. The van der Waals surface area contributed by atoms with Crippen LogP contribution in [0.15, 0.2) is 92.0 Å². The average Bonchev–Trinajstić information content (AvgIpc) is 2.99. The molecular weight excluding hydrogens is 312 g/mol. The number of hydrogen-bond donors (Lipinski definition) is 1. The van der Waals surface area contributed by atoms with Crippen LogP contribution in [0.25, 0.3) is 0 Å². The topological polar surface area (TPSA) is 46.5 Å². The molecule has 25 heavy (non-hydrogen) atoms. The molecule has 0 saturated heterocycles. The first-order valence-corrected chi connectivity index (χ1v) is 7.90. The number of carbonyl (C=O) groups is 1. The van der Waals surface area contributed by atoms with Crippen molar-refractivity contribution in [2.45, 2.75) is 5.60 Å². The lowest BCUT2D eigenvalue weighted by atomic mass is 9.80. The molecule has 1 heterocycles. The van der Waals surface area contributed by atoms with E-state index in [0.717, 1.165) is 16.7 Å². The molecule has 0 aliphatic carbocycles. The predicted octanol–water partition coefficient (Wildman–Crippen LogP) is 4.66. The van der Waals surface area contributed by atoms with Gasteiger partial charge in [0.05, 0.1) is 5.56 Å². The Morgan fingerprint density at radius 2 is 1.32 bits per heavy atom. The molecule has 0 bridgehead atoms. The van der Waals surface area contributed by atoms with E-state index >= 15 is 0 Å². The van der Waals surface area contributed by atoms with Crippen molar-refractivity contribution in [2.24, 2.45) is 0 Å². The maximum absolute atomic E-state index is 12.4. The van der Waals surface area contributed by atoms with Gasteiger partial charge in [-0.05, 0) is 18.2 Å². The maximum atomic E-state index is 12.4. The van der Waals surface area contributed by atoms with Crippen LogP contribution in [0.2, 0.25) is 0 Å². The number of esters is 1. The lowest BCUT2D eigenvalue weighted by Crippen LogP contribution is -2.29. The predicted molar refractivity (Wildman–Crippen MR) is 97.5 cm³/mol. The van der Waals surface area contributed by atoms with Crippen molar-refractivity contribution in [1.29, 1.82) is 0 Å². The van der Waals surface area contributed by atoms with E-state index in [1.165, 1.54) is 0 Å². The van der Waals surface area contributed by atoms with Crippen LogP contribution in [0.1, 0.15) is 27.0 Å². The summed E-state index contributed by atoms with van der Waals surface area (Å²) in [5.41, 5.74) is 2.10. The fourth-order valence-corrected chi connectivity index (χ4v) is 3.18. The third-order valence-corrected chi connectivity index (χ3v) is 4.23. The Morgan fingerprint density at radius 1 is 0.760 bits per heavy atom. The molecule has 0 fully saturated rings. The Balaban J connectivity index is 0.000000880. The van der Waals surface area contributed by atoms with E-state index in [1.807, 2.05) is 48.5 Å². The summed E-state index contributed by atoms with van der Waals surface area (Å²) in [6, 6.07) is 23.9. The van der Waals surface area contributed by atoms with Crippen molar-refractivity contribution in [1.82, 2.24) is 0 Å². The molecule has 0 radical (unpaired) electrons. The summed E-state index contributed by atoms with van der Waals surface area (Å²) in [5, 5.41) is 9.59. The Kier molecular flexibility index (Phi) is 4.40. The van der Waals surface area contributed by atoms with Crippen molar-refractivity contribution in [3.05, 3.63) is 114 Å². The average molecular weight is 330 g/mol. The standard InChI is InChI=1S/C20H14O3.C2H4/c21-16-12-10-15(11-13-16)20(14-6-2-1-3-7-14)18-9-5-4-8-17(18)19(22)23-20;1-2/h1-13,21H;1-2H2. The van der Waals surface area contributed by atoms with Gasteiger partial charge in [0.15, 0.2) is 5.60 Å². The molecule has 0 spiro atoms. The van der Waals surface area contributed by atoms with Crippen LogP contribution >= 0.6 is 0 Å². The molecule has 0 aromatic heterocycles. The molecule has 3 aromatic rings. The van der Waals surface area contributed by atoms with Gasteiger partial charge in [-0.3, -0.25) is 0 Å². The number of carbonyl (C=O) groups excluding carboxylic acids is 1. The molecule has 0 saturated carbocycles. The first-order valence-electron chi connectivity index (χ1n) is 7.90. The van der Waals surface area contributed by atoms with Gasteiger partial charge >= 0.3 is 5.97 Å². The van der Waals surface area contributed by atoms with Crippen molar-refractivity contribution in [3.63, 3.8) is 0 Å². The second-order valence-corrected chi connectivity index (χ2v) is 5.53. The lowest BCUT2D eigenvalue weighted by Gasteiger charge is -2.30. The quantitative estimate of drug-likeness (QED) is 0.549. The van der Waals surface area contributed by atoms with Gasteiger partial charge in [0.1, 0.15) is 5.75 Å². The molecule has 1 aliphatic rings. The van der Waals surface area contributed by atoms with Crippen molar-refractivity contribution in [2.75, 3.05) is 0 Å². The normalized spacial score (nSPS) is 17.8. The number of phenols is 1. The number of hydrogen-bond acceptors (Lipinski definition) is 3. The molecule has 3 heteroatoms. The Morgan fingerprint density at radius 3 is 2.00 bits per heavy atom. The summed E-state index contributed by atoms with van der Waals surface area (Å²) >= 11 is 0. The van der Waals surface area contributed by atoms with E-state index in [9.17, 15) is 9.90 Å². The minimum Gasteiger partial charge on any atom is -0.508 e. The number of fused-ring (bicyclic) bond motifs is 1. The molecule has 1 atom stereocenters. The lowest BCUT2D eigenvalue weighted by molar-refractivity contribution is 0.0251. The van der Waals surface area contributed by atoms with Crippen LogP contribution in [0.4, 0.5) is 0 Å². The summed E-state index contributed by atoms with van der Waals surface area (Å²) in [7, 11) is 0. The number of cyclic esters (lactones) is 1. The minimum atomic E-state index is -0.983. The second-order valence-electron chi connectivity index (χ2n) is 5.53. The highest BCUT2D eigenvalue weighted by Crippen LogP contribution is 2.46. The number of aromatic hydroxyl groups is 1. The molecule has 0 amide bonds. The van der Waals surface area contributed by atoms with Crippen LogP contribution in [0, 0.1) is 0 Å². The minimum absolute atomic E-state index is 0.176. The fourth-order valence-electron chi connectivity index (χ4n) is 3.18. The molecule has 3 nitrogen and oxygen atoms in total. The van der Waals surface area contributed by atoms with E-state index in [1.54, 1.807) is 30.3 Å². The molecule has 1 unspecified atom stereocenters. The van der Waals surface area contributed by atoms with Crippen molar-refractivity contribution >= 4 is 5.97 Å². The Labute approximate surface area is 146 Å². The Hall–Kier alpha value is -3.33.